The maximum atomic E-state index is 13.0. The number of halogens is 1. The molecule has 3 atom stereocenters. The van der Waals surface area contributed by atoms with Gasteiger partial charge in [-0.1, -0.05) is 0 Å². The summed E-state index contributed by atoms with van der Waals surface area (Å²) < 4.78 is 14.7. The number of benzene rings is 1. The lowest BCUT2D eigenvalue weighted by atomic mass is 10.1. The van der Waals surface area contributed by atoms with Crippen molar-refractivity contribution in [2.75, 3.05) is 0 Å². The zero-order valence-corrected chi connectivity index (χ0v) is 13.4. The fourth-order valence-corrected chi connectivity index (χ4v) is 2.85. The first kappa shape index (κ1) is 16.2. The molecule has 6 nitrogen and oxygen atoms in total. The van der Waals surface area contributed by atoms with Crippen molar-refractivity contribution >= 4 is 11.9 Å². The van der Waals surface area contributed by atoms with Crippen LogP contribution >= 0.6 is 0 Å². The average Bonchev–Trinajstić information content (AvgIpc) is 3.25. The van der Waals surface area contributed by atoms with Crippen LogP contribution in [0.1, 0.15) is 30.6 Å². The molecule has 7 heteroatoms. The third kappa shape index (κ3) is 3.02. The largest absolute Gasteiger partial charge is 0.481 e. The number of carbonyl (C=O) groups is 2. The summed E-state index contributed by atoms with van der Waals surface area (Å²) >= 11 is 0. The molecule has 126 valence electrons. The Hall–Kier alpha value is -2.70. The minimum absolute atomic E-state index is 0.246. The van der Waals surface area contributed by atoms with E-state index in [2.05, 4.69) is 10.4 Å². The highest BCUT2D eigenvalue weighted by Gasteiger charge is 2.48. The van der Waals surface area contributed by atoms with Crippen molar-refractivity contribution in [2.45, 2.75) is 26.3 Å². The van der Waals surface area contributed by atoms with Crippen LogP contribution in [-0.2, 0) is 9.59 Å². The van der Waals surface area contributed by atoms with E-state index in [0.29, 0.717) is 6.42 Å². The molecule has 1 saturated carbocycles. The average molecular weight is 331 g/mol. The van der Waals surface area contributed by atoms with E-state index >= 15 is 0 Å². The van der Waals surface area contributed by atoms with Crippen LogP contribution in [0, 0.1) is 24.6 Å². The SMILES string of the molecule is Cc1c([C@H](C)NC(=O)[C@H]2C[C@@H]2C(=O)O)cnn1-c1ccc(F)cc1. The first-order valence-electron chi connectivity index (χ1n) is 7.72. The van der Waals surface area contributed by atoms with Gasteiger partial charge in [0.15, 0.2) is 0 Å². The summed E-state index contributed by atoms with van der Waals surface area (Å²) in [5.74, 6) is -2.51. The van der Waals surface area contributed by atoms with E-state index in [-0.39, 0.29) is 17.8 Å². The number of nitrogens with one attached hydrogen (secondary N) is 1. The van der Waals surface area contributed by atoms with E-state index in [0.717, 1.165) is 16.9 Å². The maximum absolute atomic E-state index is 13.0. The summed E-state index contributed by atoms with van der Waals surface area (Å²) in [4.78, 5) is 22.9. The van der Waals surface area contributed by atoms with Gasteiger partial charge in [-0.05, 0) is 44.5 Å². The Morgan fingerprint density at radius 3 is 2.58 bits per heavy atom. The summed E-state index contributed by atoms with van der Waals surface area (Å²) in [6, 6.07) is 5.69. The van der Waals surface area contributed by atoms with Crippen LogP contribution in [0.3, 0.4) is 0 Å². The lowest BCUT2D eigenvalue weighted by Gasteiger charge is -2.14. The number of carbonyl (C=O) groups excluding carboxylic acids is 1. The van der Waals surface area contributed by atoms with Gasteiger partial charge in [0.1, 0.15) is 5.82 Å². The highest BCUT2D eigenvalue weighted by atomic mass is 19.1. The van der Waals surface area contributed by atoms with Crippen molar-refractivity contribution in [3.05, 3.63) is 47.5 Å². The van der Waals surface area contributed by atoms with Crippen LogP contribution in [0.5, 0.6) is 0 Å². The van der Waals surface area contributed by atoms with Gasteiger partial charge in [-0.3, -0.25) is 9.59 Å². The van der Waals surface area contributed by atoms with Gasteiger partial charge in [0.25, 0.3) is 0 Å². The predicted octanol–water partition coefficient (Wildman–Crippen LogP) is 2.22. The van der Waals surface area contributed by atoms with Crippen LogP contribution in [0.2, 0.25) is 0 Å². The third-order valence-electron chi connectivity index (χ3n) is 4.39. The number of amides is 1. The molecule has 0 saturated heterocycles. The summed E-state index contributed by atoms with van der Waals surface area (Å²) in [6.07, 6.45) is 2.05. The number of carboxylic acids is 1. The highest BCUT2D eigenvalue weighted by molar-refractivity contribution is 5.89. The van der Waals surface area contributed by atoms with Crippen molar-refractivity contribution < 1.29 is 19.1 Å². The first-order chi connectivity index (χ1) is 11.4. The number of nitrogens with zero attached hydrogens (tertiary/aromatic N) is 2. The molecule has 24 heavy (non-hydrogen) atoms. The third-order valence-corrected chi connectivity index (χ3v) is 4.39. The van der Waals surface area contributed by atoms with E-state index in [1.807, 2.05) is 13.8 Å². The number of aromatic nitrogens is 2. The fraction of sp³-hybridized carbons (Fsp3) is 0.353. The van der Waals surface area contributed by atoms with Crippen LogP contribution in [0.4, 0.5) is 4.39 Å². The van der Waals surface area contributed by atoms with Crippen molar-refractivity contribution in [1.82, 2.24) is 15.1 Å². The number of hydrogen-bond acceptors (Lipinski definition) is 3. The fourth-order valence-electron chi connectivity index (χ4n) is 2.85. The van der Waals surface area contributed by atoms with E-state index in [1.54, 1.807) is 23.0 Å². The minimum atomic E-state index is -0.928. The van der Waals surface area contributed by atoms with Crippen molar-refractivity contribution in [3.8, 4) is 5.69 Å². The van der Waals surface area contributed by atoms with Crippen molar-refractivity contribution in [1.29, 1.82) is 0 Å². The van der Waals surface area contributed by atoms with E-state index < -0.39 is 17.8 Å². The molecule has 1 aliphatic rings. The Morgan fingerprint density at radius 2 is 2.00 bits per heavy atom. The van der Waals surface area contributed by atoms with Crippen molar-refractivity contribution in [3.63, 3.8) is 0 Å². The molecule has 1 aromatic heterocycles. The Morgan fingerprint density at radius 1 is 1.33 bits per heavy atom. The molecule has 1 heterocycles. The summed E-state index contributed by atoms with van der Waals surface area (Å²) in [5.41, 5.74) is 2.40. The Bertz CT molecular complexity index is 785. The molecule has 0 unspecified atom stereocenters. The molecule has 0 bridgehead atoms. The number of carboxylic acid groups (broad SMARTS) is 1. The van der Waals surface area contributed by atoms with Gasteiger partial charge in [0, 0.05) is 11.3 Å². The molecule has 0 spiro atoms. The summed E-state index contributed by atoms with van der Waals surface area (Å²) in [5, 5.41) is 16.0. The van der Waals surface area contributed by atoms with E-state index in [9.17, 15) is 14.0 Å². The minimum Gasteiger partial charge on any atom is -0.481 e. The van der Waals surface area contributed by atoms with Gasteiger partial charge in [-0.15, -0.1) is 0 Å². The molecule has 1 amide bonds. The smallest absolute Gasteiger partial charge is 0.307 e. The zero-order valence-electron chi connectivity index (χ0n) is 13.4. The van der Waals surface area contributed by atoms with Gasteiger partial charge in [-0.2, -0.15) is 5.10 Å². The second kappa shape index (κ2) is 6.07. The molecule has 2 aromatic rings. The quantitative estimate of drug-likeness (QED) is 0.880. The lowest BCUT2D eigenvalue weighted by Crippen LogP contribution is -2.29. The molecule has 1 fully saturated rings. The van der Waals surface area contributed by atoms with E-state index in [4.69, 9.17) is 5.11 Å². The highest BCUT2D eigenvalue weighted by Crippen LogP contribution is 2.39. The Labute approximate surface area is 138 Å². The number of aliphatic carboxylic acids is 1. The molecule has 2 N–H and O–H groups in total. The Balaban J connectivity index is 1.72. The molecule has 3 rings (SSSR count). The first-order valence-corrected chi connectivity index (χ1v) is 7.72. The van der Waals surface area contributed by atoms with Gasteiger partial charge in [0.2, 0.25) is 5.91 Å². The lowest BCUT2D eigenvalue weighted by molar-refractivity contribution is -0.140. The standard InChI is InChI=1S/C17H18FN3O3/c1-9(20-16(22)13-7-14(13)17(23)24)15-8-19-21(10(15)2)12-5-3-11(18)4-6-12/h3-6,8-9,13-14H,7H2,1-2H3,(H,20,22)(H,23,24)/t9-,13-,14-/m0/s1. The molecular formula is C17H18FN3O3. The van der Waals surface area contributed by atoms with Crippen molar-refractivity contribution in [2.24, 2.45) is 11.8 Å². The molecule has 1 aliphatic carbocycles. The number of hydrogen-bond donors (Lipinski definition) is 2. The monoisotopic (exact) mass is 331 g/mol. The predicted molar refractivity (Wildman–Crippen MR) is 84.0 cm³/mol. The van der Waals surface area contributed by atoms with Gasteiger partial charge in [0.05, 0.1) is 29.8 Å². The van der Waals surface area contributed by atoms with Gasteiger partial charge in [-0.25, -0.2) is 9.07 Å². The summed E-state index contributed by atoms with van der Waals surface area (Å²) in [6.45, 7) is 3.70. The zero-order chi connectivity index (χ0) is 17.4. The van der Waals surface area contributed by atoms with Crippen LogP contribution in [0.15, 0.2) is 30.5 Å². The van der Waals surface area contributed by atoms with Crippen LogP contribution in [0.25, 0.3) is 5.69 Å². The molecule has 1 aromatic carbocycles. The van der Waals surface area contributed by atoms with E-state index in [1.165, 1.54) is 12.1 Å². The van der Waals surface area contributed by atoms with Gasteiger partial charge >= 0.3 is 5.97 Å². The van der Waals surface area contributed by atoms with Gasteiger partial charge < -0.3 is 10.4 Å². The summed E-state index contributed by atoms with van der Waals surface area (Å²) in [7, 11) is 0. The maximum Gasteiger partial charge on any atom is 0.307 e. The molecular weight excluding hydrogens is 313 g/mol. The van der Waals surface area contributed by atoms with Crippen LogP contribution < -0.4 is 5.32 Å². The second-order valence-corrected chi connectivity index (χ2v) is 6.09. The normalized spacial score (nSPS) is 20.5. The second-order valence-electron chi connectivity index (χ2n) is 6.09. The topological polar surface area (TPSA) is 84.2 Å². The Kier molecular flexibility index (Phi) is 4.09. The van der Waals surface area contributed by atoms with Crippen LogP contribution in [-0.4, -0.2) is 26.8 Å². The molecule has 0 radical (unpaired) electrons. The number of rotatable bonds is 5. The molecule has 0 aliphatic heterocycles.